The average Bonchev–Trinajstić information content (AvgIpc) is 2.28. The largest absolute Gasteiger partial charge is 0.391 e. The van der Waals surface area contributed by atoms with Gasteiger partial charge in [-0.1, -0.05) is 51.1 Å². The highest BCUT2D eigenvalue weighted by Gasteiger charge is 2.29. The van der Waals surface area contributed by atoms with Crippen molar-refractivity contribution < 1.29 is 9.84 Å². The molecule has 1 rings (SSSR count). The Morgan fingerprint density at radius 2 is 1.82 bits per heavy atom. The highest BCUT2D eigenvalue weighted by Crippen LogP contribution is 2.24. The summed E-state index contributed by atoms with van der Waals surface area (Å²) < 4.78 is 5.51. The normalized spacial score (nSPS) is 15.6. The molecule has 0 saturated carbocycles. The van der Waals surface area contributed by atoms with E-state index in [1.807, 2.05) is 51.1 Å². The van der Waals surface area contributed by atoms with E-state index >= 15 is 0 Å². The molecule has 1 N–H and O–H groups in total. The molecular formula is C14H21ClO2. The topological polar surface area (TPSA) is 29.5 Å². The molecule has 3 heteroatoms. The summed E-state index contributed by atoms with van der Waals surface area (Å²) >= 11 is 6.11. The van der Waals surface area contributed by atoms with Crippen molar-refractivity contribution in [2.24, 2.45) is 5.41 Å². The van der Waals surface area contributed by atoms with Gasteiger partial charge in [0.2, 0.25) is 0 Å². The number of benzene rings is 1. The number of aliphatic hydroxyl groups excluding tert-OH is 1. The van der Waals surface area contributed by atoms with Gasteiger partial charge in [0, 0.05) is 0 Å². The monoisotopic (exact) mass is 256 g/mol. The summed E-state index contributed by atoms with van der Waals surface area (Å²) in [6, 6.07) is 9.92. The first-order chi connectivity index (χ1) is 7.91. The first kappa shape index (κ1) is 14.5. The Morgan fingerprint density at radius 1 is 1.24 bits per heavy atom. The van der Waals surface area contributed by atoms with Crippen LogP contribution in [0.15, 0.2) is 30.3 Å². The Balaban J connectivity index is 2.32. The molecule has 0 amide bonds. The Morgan fingerprint density at radius 3 is 2.35 bits per heavy atom. The molecular weight excluding hydrogens is 236 g/mol. The maximum absolute atomic E-state index is 9.94. The number of aliphatic hydroxyl groups is 1. The van der Waals surface area contributed by atoms with E-state index in [0.29, 0.717) is 13.2 Å². The van der Waals surface area contributed by atoms with Crippen molar-refractivity contribution in [3.8, 4) is 0 Å². The Bertz CT molecular complexity index is 319. The van der Waals surface area contributed by atoms with E-state index in [2.05, 4.69) is 0 Å². The molecule has 0 fully saturated rings. The highest BCUT2D eigenvalue weighted by atomic mass is 35.5. The molecule has 2 nitrogen and oxygen atoms in total. The van der Waals surface area contributed by atoms with E-state index in [4.69, 9.17) is 16.3 Å². The lowest BCUT2D eigenvalue weighted by Crippen LogP contribution is -2.37. The molecule has 96 valence electrons. The van der Waals surface area contributed by atoms with Crippen molar-refractivity contribution >= 4 is 11.6 Å². The van der Waals surface area contributed by atoms with Gasteiger partial charge in [0.1, 0.15) is 0 Å². The number of hydrogen-bond acceptors (Lipinski definition) is 2. The second kappa shape index (κ2) is 6.39. The zero-order valence-electron chi connectivity index (χ0n) is 10.7. The van der Waals surface area contributed by atoms with E-state index in [9.17, 15) is 5.11 Å². The van der Waals surface area contributed by atoms with Crippen molar-refractivity contribution in [1.82, 2.24) is 0 Å². The van der Waals surface area contributed by atoms with Crippen LogP contribution in [0.5, 0.6) is 0 Å². The van der Waals surface area contributed by atoms with E-state index in [1.165, 1.54) is 0 Å². The van der Waals surface area contributed by atoms with Crippen LogP contribution in [0.2, 0.25) is 0 Å². The molecule has 2 atom stereocenters. The SMILES string of the molecule is CC(C)(C)[C@H](O)[C@H](Cl)COCc1ccccc1. The molecule has 0 bridgehead atoms. The fraction of sp³-hybridized carbons (Fsp3) is 0.571. The van der Waals surface area contributed by atoms with E-state index in [0.717, 1.165) is 5.56 Å². The standard InChI is InChI=1S/C14H21ClO2/c1-14(2,3)13(16)12(15)10-17-9-11-7-5-4-6-8-11/h4-8,12-13,16H,9-10H2,1-3H3/t12-,13-/m1/s1. The molecule has 0 aromatic heterocycles. The van der Waals surface area contributed by atoms with Gasteiger partial charge >= 0.3 is 0 Å². The number of hydrogen-bond donors (Lipinski definition) is 1. The van der Waals surface area contributed by atoms with Crippen LogP contribution in [-0.4, -0.2) is 23.2 Å². The molecule has 0 unspecified atom stereocenters. The Kier molecular flexibility index (Phi) is 5.44. The maximum Gasteiger partial charge on any atom is 0.0833 e. The fourth-order valence-corrected chi connectivity index (χ4v) is 1.96. The summed E-state index contributed by atoms with van der Waals surface area (Å²) in [4.78, 5) is 0. The predicted molar refractivity (Wildman–Crippen MR) is 71.2 cm³/mol. The van der Waals surface area contributed by atoms with Gasteiger partial charge in [-0.3, -0.25) is 0 Å². The van der Waals surface area contributed by atoms with E-state index in [-0.39, 0.29) is 10.8 Å². The summed E-state index contributed by atoms with van der Waals surface area (Å²) in [5.74, 6) is 0. The molecule has 0 aliphatic carbocycles. The van der Waals surface area contributed by atoms with Crippen LogP contribution in [0.1, 0.15) is 26.3 Å². The van der Waals surface area contributed by atoms with Crippen LogP contribution >= 0.6 is 11.6 Å². The smallest absolute Gasteiger partial charge is 0.0833 e. The molecule has 1 aromatic carbocycles. The van der Waals surface area contributed by atoms with Crippen LogP contribution in [-0.2, 0) is 11.3 Å². The number of ether oxygens (including phenoxy) is 1. The van der Waals surface area contributed by atoms with Gasteiger partial charge in [-0.2, -0.15) is 0 Å². The fourth-order valence-electron chi connectivity index (χ4n) is 1.50. The molecule has 17 heavy (non-hydrogen) atoms. The van der Waals surface area contributed by atoms with Gasteiger partial charge in [-0.15, -0.1) is 11.6 Å². The van der Waals surface area contributed by atoms with Gasteiger partial charge in [0.15, 0.2) is 0 Å². The summed E-state index contributed by atoms with van der Waals surface area (Å²) in [6.07, 6.45) is -0.569. The van der Waals surface area contributed by atoms with Gasteiger partial charge in [-0.25, -0.2) is 0 Å². The molecule has 0 aliphatic heterocycles. The van der Waals surface area contributed by atoms with Gasteiger partial charge in [-0.05, 0) is 11.0 Å². The van der Waals surface area contributed by atoms with Crippen LogP contribution < -0.4 is 0 Å². The van der Waals surface area contributed by atoms with E-state index in [1.54, 1.807) is 0 Å². The minimum atomic E-state index is -0.569. The lowest BCUT2D eigenvalue weighted by molar-refractivity contribution is 0.0228. The van der Waals surface area contributed by atoms with Crippen molar-refractivity contribution in [2.45, 2.75) is 38.9 Å². The zero-order valence-corrected chi connectivity index (χ0v) is 11.4. The summed E-state index contributed by atoms with van der Waals surface area (Å²) in [7, 11) is 0. The molecule has 0 radical (unpaired) electrons. The van der Waals surface area contributed by atoms with Crippen molar-refractivity contribution in [3.05, 3.63) is 35.9 Å². The predicted octanol–water partition coefficient (Wildman–Crippen LogP) is 3.22. The van der Waals surface area contributed by atoms with Crippen molar-refractivity contribution in [3.63, 3.8) is 0 Å². The molecule has 0 aliphatic rings. The number of rotatable bonds is 5. The first-order valence-corrected chi connectivity index (χ1v) is 6.28. The van der Waals surface area contributed by atoms with Crippen molar-refractivity contribution in [2.75, 3.05) is 6.61 Å². The van der Waals surface area contributed by atoms with Gasteiger partial charge in [0.25, 0.3) is 0 Å². The number of halogens is 1. The van der Waals surface area contributed by atoms with Gasteiger partial charge in [0.05, 0.1) is 24.7 Å². The summed E-state index contributed by atoms with van der Waals surface area (Å²) in [5, 5.41) is 9.56. The minimum Gasteiger partial charge on any atom is -0.391 e. The van der Waals surface area contributed by atoms with Crippen LogP contribution in [0.3, 0.4) is 0 Å². The second-order valence-electron chi connectivity index (χ2n) is 5.33. The summed E-state index contributed by atoms with van der Waals surface area (Å²) in [6.45, 7) is 6.77. The lowest BCUT2D eigenvalue weighted by atomic mass is 9.87. The van der Waals surface area contributed by atoms with Crippen LogP contribution in [0, 0.1) is 5.41 Å². The Hall–Kier alpha value is -0.570. The lowest BCUT2D eigenvalue weighted by Gasteiger charge is -2.29. The van der Waals surface area contributed by atoms with Crippen molar-refractivity contribution in [1.29, 1.82) is 0 Å². The quantitative estimate of drug-likeness (QED) is 0.820. The van der Waals surface area contributed by atoms with Crippen LogP contribution in [0.4, 0.5) is 0 Å². The van der Waals surface area contributed by atoms with E-state index < -0.39 is 6.10 Å². The van der Waals surface area contributed by atoms with Gasteiger partial charge < -0.3 is 9.84 Å². The number of alkyl halides is 1. The minimum absolute atomic E-state index is 0.220. The zero-order chi connectivity index (χ0) is 12.9. The average molecular weight is 257 g/mol. The maximum atomic E-state index is 9.94. The molecule has 0 saturated heterocycles. The third-order valence-electron chi connectivity index (χ3n) is 2.62. The first-order valence-electron chi connectivity index (χ1n) is 5.85. The second-order valence-corrected chi connectivity index (χ2v) is 5.89. The molecule has 0 heterocycles. The summed E-state index contributed by atoms with van der Waals surface area (Å²) in [5.41, 5.74) is 0.893. The highest BCUT2D eigenvalue weighted by molar-refractivity contribution is 6.21. The van der Waals surface area contributed by atoms with Crippen LogP contribution in [0.25, 0.3) is 0 Å². The third-order valence-corrected chi connectivity index (χ3v) is 2.98. The molecule has 0 spiro atoms. The molecule has 1 aromatic rings. The Labute approximate surface area is 109 Å². The third kappa shape index (κ3) is 5.07.